The van der Waals surface area contributed by atoms with Crippen LogP contribution in [0.25, 0.3) is 0 Å². The van der Waals surface area contributed by atoms with Gasteiger partial charge in [0.15, 0.2) is 11.6 Å². The van der Waals surface area contributed by atoms with Gasteiger partial charge in [-0.05, 0) is 47.6 Å². The van der Waals surface area contributed by atoms with Crippen LogP contribution >= 0.6 is 0 Å². The lowest BCUT2D eigenvalue weighted by atomic mass is 9.97. The van der Waals surface area contributed by atoms with Crippen LogP contribution in [-0.4, -0.2) is 49.0 Å². The van der Waals surface area contributed by atoms with Crippen molar-refractivity contribution in [3.05, 3.63) is 65.0 Å². The molecule has 28 heavy (non-hydrogen) atoms. The molecule has 5 heteroatoms. The lowest BCUT2D eigenvalue weighted by Gasteiger charge is -2.35. The fourth-order valence-corrected chi connectivity index (χ4v) is 4.42. The van der Waals surface area contributed by atoms with Crippen LogP contribution in [-0.2, 0) is 17.8 Å². The molecule has 1 unspecified atom stereocenters. The number of fused-ring (bicyclic) bond motifs is 1. The van der Waals surface area contributed by atoms with Crippen LogP contribution in [0.4, 0.5) is 4.39 Å². The summed E-state index contributed by atoms with van der Waals surface area (Å²) in [6.45, 7) is 3.82. The number of hydrogen-bond acceptors (Lipinski definition) is 3. The van der Waals surface area contributed by atoms with E-state index in [0.29, 0.717) is 18.9 Å². The number of nitrogens with zero attached hydrogens (tertiary/aromatic N) is 2. The van der Waals surface area contributed by atoms with Gasteiger partial charge in [-0.15, -0.1) is 0 Å². The minimum atomic E-state index is -0.328. The molecule has 2 aromatic carbocycles. The summed E-state index contributed by atoms with van der Waals surface area (Å²) in [4.78, 5) is 17.1. The van der Waals surface area contributed by atoms with Gasteiger partial charge in [0.05, 0.1) is 7.11 Å². The summed E-state index contributed by atoms with van der Waals surface area (Å²) in [5, 5.41) is 0. The molecule has 2 aliphatic rings. The zero-order chi connectivity index (χ0) is 19.5. The summed E-state index contributed by atoms with van der Waals surface area (Å²) in [7, 11) is 1.47. The van der Waals surface area contributed by atoms with E-state index >= 15 is 0 Å². The van der Waals surface area contributed by atoms with Crippen LogP contribution in [0.15, 0.2) is 42.5 Å². The van der Waals surface area contributed by atoms with E-state index in [2.05, 4.69) is 29.2 Å². The topological polar surface area (TPSA) is 32.8 Å². The number of amides is 1. The van der Waals surface area contributed by atoms with Gasteiger partial charge >= 0.3 is 0 Å². The van der Waals surface area contributed by atoms with E-state index in [0.717, 1.165) is 44.6 Å². The Morgan fingerprint density at radius 1 is 1.14 bits per heavy atom. The van der Waals surface area contributed by atoms with E-state index in [-0.39, 0.29) is 17.5 Å². The van der Waals surface area contributed by atoms with E-state index in [1.807, 2.05) is 11.0 Å². The zero-order valence-corrected chi connectivity index (χ0v) is 16.4. The molecule has 1 heterocycles. The van der Waals surface area contributed by atoms with Crippen LogP contribution in [0.2, 0.25) is 0 Å². The van der Waals surface area contributed by atoms with Crippen molar-refractivity contribution in [1.82, 2.24) is 9.80 Å². The van der Waals surface area contributed by atoms with Gasteiger partial charge < -0.3 is 9.64 Å². The first kappa shape index (κ1) is 18.9. The molecular formula is C23H27FN2O2. The highest BCUT2D eigenvalue weighted by molar-refractivity contribution is 5.77. The maximum atomic E-state index is 13.9. The minimum absolute atomic E-state index is 0.261. The van der Waals surface area contributed by atoms with Gasteiger partial charge in [-0.25, -0.2) is 4.39 Å². The molecule has 1 aliphatic carbocycles. The monoisotopic (exact) mass is 382 g/mol. The number of carbonyl (C=O) groups excluding carboxylic acids is 1. The highest BCUT2D eigenvalue weighted by Crippen LogP contribution is 2.35. The first-order valence-corrected chi connectivity index (χ1v) is 10.0. The van der Waals surface area contributed by atoms with Gasteiger partial charge in [-0.1, -0.05) is 30.3 Å². The largest absolute Gasteiger partial charge is 0.494 e. The van der Waals surface area contributed by atoms with Crippen molar-refractivity contribution in [2.75, 3.05) is 33.3 Å². The Bertz CT molecular complexity index is 846. The maximum absolute atomic E-state index is 13.9. The smallest absolute Gasteiger partial charge is 0.223 e. The molecule has 0 N–H and O–H groups in total. The van der Waals surface area contributed by atoms with Crippen molar-refractivity contribution in [3.63, 3.8) is 0 Å². The normalized spacial score (nSPS) is 19.5. The second-order valence-electron chi connectivity index (χ2n) is 7.76. The Balaban J connectivity index is 1.28. The fourth-order valence-electron chi connectivity index (χ4n) is 4.42. The minimum Gasteiger partial charge on any atom is -0.494 e. The highest BCUT2D eigenvalue weighted by atomic mass is 19.1. The van der Waals surface area contributed by atoms with Crippen LogP contribution in [0.1, 0.15) is 35.4 Å². The first-order chi connectivity index (χ1) is 13.6. The van der Waals surface area contributed by atoms with Crippen LogP contribution < -0.4 is 4.74 Å². The number of piperazine rings is 1. The SMILES string of the molecule is COc1ccc(CN2CCN(C(=O)CC3CCc4ccccc43)CC2)cc1F. The molecular weight excluding hydrogens is 355 g/mol. The van der Waals surface area contributed by atoms with E-state index in [1.54, 1.807) is 6.07 Å². The van der Waals surface area contributed by atoms with Crippen molar-refractivity contribution in [3.8, 4) is 5.75 Å². The molecule has 1 fully saturated rings. The van der Waals surface area contributed by atoms with Gasteiger partial charge in [-0.2, -0.15) is 0 Å². The Labute approximate surface area is 165 Å². The molecule has 1 amide bonds. The zero-order valence-electron chi connectivity index (χ0n) is 16.4. The second-order valence-corrected chi connectivity index (χ2v) is 7.76. The number of aryl methyl sites for hydroxylation is 1. The van der Waals surface area contributed by atoms with Crippen molar-refractivity contribution in [2.24, 2.45) is 0 Å². The van der Waals surface area contributed by atoms with Crippen LogP contribution in [0, 0.1) is 5.82 Å². The van der Waals surface area contributed by atoms with Gasteiger partial charge in [0.2, 0.25) is 5.91 Å². The summed E-state index contributed by atoms with van der Waals surface area (Å²) in [6.07, 6.45) is 2.77. The van der Waals surface area contributed by atoms with Crippen LogP contribution in [0.5, 0.6) is 5.75 Å². The molecule has 4 rings (SSSR count). The van der Waals surface area contributed by atoms with Gasteiger partial charge in [0, 0.05) is 39.1 Å². The lowest BCUT2D eigenvalue weighted by Crippen LogP contribution is -2.48. The van der Waals surface area contributed by atoms with Crippen LogP contribution in [0.3, 0.4) is 0 Å². The van der Waals surface area contributed by atoms with E-state index in [4.69, 9.17) is 4.74 Å². The van der Waals surface area contributed by atoms with E-state index in [1.165, 1.54) is 24.3 Å². The van der Waals surface area contributed by atoms with Crippen molar-refractivity contribution >= 4 is 5.91 Å². The predicted octanol–water partition coefficient (Wildman–Crippen LogP) is 3.60. The average Bonchev–Trinajstić information content (AvgIpc) is 3.12. The number of benzene rings is 2. The Hall–Kier alpha value is -2.40. The molecule has 1 atom stereocenters. The molecule has 0 aromatic heterocycles. The maximum Gasteiger partial charge on any atom is 0.223 e. The third-order valence-corrected chi connectivity index (χ3v) is 6.03. The molecule has 0 saturated carbocycles. The molecule has 1 aliphatic heterocycles. The quantitative estimate of drug-likeness (QED) is 0.792. The molecule has 4 nitrogen and oxygen atoms in total. The van der Waals surface area contributed by atoms with Gasteiger partial charge in [0.25, 0.3) is 0 Å². The summed E-state index contributed by atoms with van der Waals surface area (Å²) in [6, 6.07) is 13.6. The molecule has 2 aromatic rings. The number of hydrogen-bond donors (Lipinski definition) is 0. The Morgan fingerprint density at radius 3 is 2.68 bits per heavy atom. The number of rotatable bonds is 5. The Morgan fingerprint density at radius 2 is 1.93 bits per heavy atom. The summed E-state index contributed by atoms with van der Waals surface area (Å²) in [5.74, 6) is 0.569. The third kappa shape index (κ3) is 4.04. The number of methoxy groups -OCH3 is 1. The van der Waals surface area contributed by atoms with Crippen molar-refractivity contribution in [2.45, 2.75) is 31.7 Å². The molecule has 0 bridgehead atoms. The van der Waals surface area contributed by atoms with Crippen molar-refractivity contribution in [1.29, 1.82) is 0 Å². The summed E-state index contributed by atoms with van der Waals surface area (Å²) < 4.78 is 18.8. The van der Waals surface area contributed by atoms with Crippen molar-refractivity contribution < 1.29 is 13.9 Å². The number of halogens is 1. The van der Waals surface area contributed by atoms with E-state index in [9.17, 15) is 9.18 Å². The highest BCUT2D eigenvalue weighted by Gasteiger charge is 2.28. The number of carbonyl (C=O) groups is 1. The Kier molecular flexibility index (Phi) is 5.62. The molecule has 1 saturated heterocycles. The molecule has 148 valence electrons. The lowest BCUT2D eigenvalue weighted by molar-refractivity contribution is -0.133. The van der Waals surface area contributed by atoms with Gasteiger partial charge in [-0.3, -0.25) is 9.69 Å². The predicted molar refractivity (Wildman–Crippen MR) is 107 cm³/mol. The standard InChI is InChI=1S/C23H27FN2O2/c1-28-22-9-6-17(14-21(22)24)16-25-10-12-26(13-11-25)23(27)15-19-8-7-18-4-2-3-5-20(18)19/h2-6,9,14,19H,7-8,10-13,15-16H2,1H3. The van der Waals surface area contributed by atoms with E-state index < -0.39 is 0 Å². The second kappa shape index (κ2) is 8.31. The van der Waals surface area contributed by atoms with Gasteiger partial charge in [0.1, 0.15) is 0 Å². The number of ether oxygens (including phenoxy) is 1. The molecule has 0 radical (unpaired) electrons. The summed E-state index contributed by atoms with van der Waals surface area (Å²) >= 11 is 0. The first-order valence-electron chi connectivity index (χ1n) is 10.0. The fraction of sp³-hybridized carbons (Fsp3) is 0.435. The molecule has 0 spiro atoms. The third-order valence-electron chi connectivity index (χ3n) is 6.03. The summed E-state index contributed by atoms with van der Waals surface area (Å²) in [5.41, 5.74) is 3.69. The average molecular weight is 382 g/mol.